The minimum absolute atomic E-state index is 0.247. The highest BCUT2D eigenvalue weighted by molar-refractivity contribution is 5.54. The molecule has 3 heterocycles. The van der Waals surface area contributed by atoms with E-state index >= 15 is 0 Å². The van der Waals surface area contributed by atoms with Gasteiger partial charge in [0, 0.05) is 31.1 Å². The molecule has 0 atom stereocenters. The number of nitrogen functional groups attached to an aromatic ring is 1. The van der Waals surface area contributed by atoms with Crippen molar-refractivity contribution in [3.8, 4) is 0 Å². The Balaban J connectivity index is 1.99. The fourth-order valence-corrected chi connectivity index (χ4v) is 2.18. The number of hydrogen-bond donors (Lipinski definition) is 2. The maximum Gasteiger partial charge on any atom is 0.222 e. The van der Waals surface area contributed by atoms with E-state index in [1.54, 1.807) is 0 Å². The molecule has 0 spiro atoms. The van der Waals surface area contributed by atoms with Crippen molar-refractivity contribution in [1.29, 1.82) is 0 Å². The first-order chi connectivity index (χ1) is 7.74. The summed E-state index contributed by atoms with van der Waals surface area (Å²) >= 11 is 0. The first-order valence-electron chi connectivity index (χ1n) is 5.47. The predicted molar refractivity (Wildman–Crippen MR) is 60.0 cm³/mol. The highest BCUT2D eigenvalue weighted by atomic mass is 16.5. The van der Waals surface area contributed by atoms with Crippen LogP contribution in [0.25, 0.3) is 0 Å². The maximum absolute atomic E-state index is 5.77. The zero-order valence-electron chi connectivity index (χ0n) is 9.02. The van der Waals surface area contributed by atoms with Crippen molar-refractivity contribution < 1.29 is 4.74 Å². The number of fused-ring (bicyclic) bond motifs is 1. The van der Waals surface area contributed by atoms with Crippen LogP contribution < -0.4 is 16.4 Å². The van der Waals surface area contributed by atoms with E-state index in [2.05, 4.69) is 14.9 Å². The lowest BCUT2D eigenvalue weighted by Gasteiger charge is -2.39. The summed E-state index contributed by atoms with van der Waals surface area (Å²) in [7, 11) is 0. The highest BCUT2D eigenvalue weighted by Gasteiger charge is 2.29. The predicted octanol–water partition coefficient (Wildman–Crippen LogP) is -0.721. The molecule has 6 heteroatoms. The van der Waals surface area contributed by atoms with Crippen molar-refractivity contribution in [1.82, 2.24) is 9.97 Å². The molecule has 2 aliphatic heterocycles. The Bertz CT molecular complexity index is 416. The monoisotopic (exact) mass is 221 g/mol. The molecular weight excluding hydrogens is 206 g/mol. The largest absolute Gasteiger partial charge is 0.376 e. The molecule has 86 valence electrons. The van der Waals surface area contributed by atoms with Gasteiger partial charge in [-0.1, -0.05) is 0 Å². The molecule has 2 aliphatic rings. The molecule has 0 radical (unpaired) electrons. The number of nitrogens with zero attached hydrogens (tertiary/aromatic N) is 3. The standard InChI is InChI=1S/C10H15N5O/c11-6-3-15(4-6)9-7-5-16-2-1-8(7)13-10(12)14-9/h6H,1-5,11H2,(H2,12,13,14). The lowest BCUT2D eigenvalue weighted by molar-refractivity contribution is 0.109. The lowest BCUT2D eigenvalue weighted by atomic mass is 10.1. The molecule has 6 nitrogen and oxygen atoms in total. The molecule has 0 aromatic carbocycles. The molecule has 4 N–H and O–H groups in total. The van der Waals surface area contributed by atoms with Gasteiger partial charge in [-0.3, -0.25) is 0 Å². The first-order valence-corrected chi connectivity index (χ1v) is 5.47. The van der Waals surface area contributed by atoms with Gasteiger partial charge in [-0.15, -0.1) is 0 Å². The summed E-state index contributed by atoms with van der Waals surface area (Å²) in [4.78, 5) is 10.7. The average Bonchev–Trinajstić information content (AvgIpc) is 2.24. The second-order valence-corrected chi connectivity index (χ2v) is 4.30. The van der Waals surface area contributed by atoms with Crippen molar-refractivity contribution in [2.45, 2.75) is 19.1 Å². The lowest BCUT2D eigenvalue weighted by Crippen LogP contribution is -2.56. The Morgan fingerprint density at radius 1 is 1.31 bits per heavy atom. The summed E-state index contributed by atoms with van der Waals surface area (Å²) in [5, 5.41) is 0. The SMILES string of the molecule is Nc1nc2c(c(N3CC(N)C3)n1)COCC2. The van der Waals surface area contributed by atoms with Crippen LogP contribution in [0.2, 0.25) is 0 Å². The fraction of sp³-hybridized carbons (Fsp3) is 0.600. The summed E-state index contributed by atoms with van der Waals surface area (Å²) < 4.78 is 5.44. The third-order valence-corrected chi connectivity index (χ3v) is 3.03. The van der Waals surface area contributed by atoms with Gasteiger partial charge in [0.2, 0.25) is 5.95 Å². The zero-order chi connectivity index (χ0) is 11.1. The second kappa shape index (κ2) is 3.57. The van der Waals surface area contributed by atoms with Gasteiger partial charge < -0.3 is 21.1 Å². The van der Waals surface area contributed by atoms with Crippen LogP contribution in [0.5, 0.6) is 0 Å². The molecule has 0 unspecified atom stereocenters. The van der Waals surface area contributed by atoms with Crippen molar-refractivity contribution in [2.24, 2.45) is 5.73 Å². The van der Waals surface area contributed by atoms with E-state index in [0.29, 0.717) is 19.2 Å². The number of hydrogen-bond acceptors (Lipinski definition) is 6. The van der Waals surface area contributed by atoms with Crippen LogP contribution in [-0.4, -0.2) is 35.7 Å². The molecular formula is C10H15N5O. The van der Waals surface area contributed by atoms with E-state index in [4.69, 9.17) is 16.2 Å². The Kier molecular flexibility index (Phi) is 2.19. The smallest absolute Gasteiger partial charge is 0.222 e. The van der Waals surface area contributed by atoms with E-state index in [1.807, 2.05) is 0 Å². The van der Waals surface area contributed by atoms with Gasteiger partial charge >= 0.3 is 0 Å². The summed E-state index contributed by atoms with van der Waals surface area (Å²) in [6.07, 6.45) is 0.814. The summed E-state index contributed by atoms with van der Waals surface area (Å²) in [5.74, 6) is 1.25. The molecule has 1 aromatic heterocycles. The number of nitrogens with two attached hydrogens (primary N) is 2. The zero-order valence-corrected chi connectivity index (χ0v) is 9.02. The van der Waals surface area contributed by atoms with Crippen molar-refractivity contribution in [3.63, 3.8) is 0 Å². The quantitative estimate of drug-likeness (QED) is 0.650. The van der Waals surface area contributed by atoms with E-state index in [9.17, 15) is 0 Å². The number of anilines is 2. The second-order valence-electron chi connectivity index (χ2n) is 4.30. The van der Waals surface area contributed by atoms with E-state index in [0.717, 1.165) is 36.6 Å². The van der Waals surface area contributed by atoms with Gasteiger partial charge in [-0.2, -0.15) is 4.98 Å². The van der Waals surface area contributed by atoms with Crippen LogP contribution in [0.1, 0.15) is 11.3 Å². The molecule has 3 rings (SSSR count). The maximum atomic E-state index is 5.77. The topological polar surface area (TPSA) is 90.3 Å². The average molecular weight is 221 g/mol. The molecule has 0 bridgehead atoms. The van der Waals surface area contributed by atoms with Crippen LogP contribution in [0.4, 0.5) is 11.8 Å². The molecule has 0 saturated carbocycles. The van der Waals surface area contributed by atoms with Crippen LogP contribution in [0.3, 0.4) is 0 Å². The van der Waals surface area contributed by atoms with E-state index in [1.165, 1.54) is 0 Å². The normalized spacial score (nSPS) is 20.4. The minimum Gasteiger partial charge on any atom is -0.376 e. The molecule has 1 saturated heterocycles. The number of rotatable bonds is 1. The highest BCUT2D eigenvalue weighted by Crippen LogP contribution is 2.28. The van der Waals surface area contributed by atoms with E-state index in [-0.39, 0.29) is 6.04 Å². The van der Waals surface area contributed by atoms with Crippen LogP contribution in [-0.2, 0) is 17.8 Å². The van der Waals surface area contributed by atoms with Crippen molar-refractivity contribution in [3.05, 3.63) is 11.3 Å². The third-order valence-electron chi connectivity index (χ3n) is 3.03. The van der Waals surface area contributed by atoms with Crippen molar-refractivity contribution >= 4 is 11.8 Å². The van der Waals surface area contributed by atoms with E-state index < -0.39 is 0 Å². The van der Waals surface area contributed by atoms with Crippen LogP contribution >= 0.6 is 0 Å². The first kappa shape index (κ1) is 9.80. The summed E-state index contributed by atoms with van der Waals surface area (Å²) in [6, 6.07) is 0.247. The fourth-order valence-electron chi connectivity index (χ4n) is 2.18. The minimum atomic E-state index is 0.247. The Labute approximate surface area is 93.6 Å². The molecule has 1 fully saturated rings. The molecule has 16 heavy (non-hydrogen) atoms. The van der Waals surface area contributed by atoms with Crippen LogP contribution in [0.15, 0.2) is 0 Å². The van der Waals surface area contributed by atoms with Gasteiger partial charge in [-0.25, -0.2) is 4.98 Å². The van der Waals surface area contributed by atoms with Crippen molar-refractivity contribution in [2.75, 3.05) is 30.3 Å². The third kappa shape index (κ3) is 1.50. The number of aromatic nitrogens is 2. The Morgan fingerprint density at radius 2 is 2.12 bits per heavy atom. The summed E-state index contributed by atoms with van der Waals surface area (Å²) in [5.41, 5.74) is 13.6. The molecule has 1 aromatic rings. The molecule has 0 amide bonds. The van der Waals surface area contributed by atoms with Crippen LogP contribution in [0, 0.1) is 0 Å². The van der Waals surface area contributed by atoms with Gasteiger partial charge in [0.25, 0.3) is 0 Å². The van der Waals surface area contributed by atoms with Gasteiger partial charge in [0.1, 0.15) is 5.82 Å². The van der Waals surface area contributed by atoms with Gasteiger partial charge in [0.15, 0.2) is 0 Å². The van der Waals surface area contributed by atoms with Gasteiger partial charge in [0.05, 0.1) is 18.9 Å². The summed E-state index contributed by atoms with van der Waals surface area (Å²) in [6.45, 7) is 2.96. The Hall–Kier alpha value is -1.40. The molecule has 0 aliphatic carbocycles. The number of ether oxygens (including phenoxy) is 1. The Morgan fingerprint density at radius 3 is 2.88 bits per heavy atom. The van der Waals surface area contributed by atoms with Gasteiger partial charge in [-0.05, 0) is 0 Å².